The highest BCUT2D eigenvalue weighted by Gasteiger charge is 2.14. The molecule has 0 radical (unpaired) electrons. The summed E-state index contributed by atoms with van der Waals surface area (Å²) in [6, 6.07) is 10.2. The first-order chi connectivity index (χ1) is 10.9. The molecule has 8 nitrogen and oxygen atoms in total. The smallest absolute Gasteiger partial charge is 0.305 e. The van der Waals surface area contributed by atoms with Crippen LogP contribution in [0.1, 0.15) is 12.0 Å². The predicted molar refractivity (Wildman–Crippen MR) is 79.8 cm³/mol. The molecule has 0 aliphatic rings. The highest BCUT2D eigenvalue weighted by molar-refractivity contribution is 5.67. The van der Waals surface area contributed by atoms with Crippen LogP contribution in [0.15, 0.2) is 41.2 Å². The number of rotatable bonds is 5. The molecule has 0 unspecified atom stereocenters. The summed E-state index contributed by atoms with van der Waals surface area (Å²) in [6.07, 6.45) is -0.309. The van der Waals surface area contributed by atoms with E-state index in [9.17, 15) is 19.7 Å². The molecule has 0 atom stereocenters. The first-order valence-corrected chi connectivity index (χ1v) is 6.54. The molecular weight excluding hydrogens is 302 g/mol. The lowest BCUT2D eigenvalue weighted by molar-refractivity contribution is -0.384. The molecule has 1 N–H and O–H groups in total. The first kappa shape index (κ1) is 15.9. The van der Waals surface area contributed by atoms with Gasteiger partial charge < -0.3 is 9.67 Å². The molecule has 8 heteroatoms. The highest BCUT2D eigenvalue weighted by atomic mass is 16.6. The third-order valence-electron chi connectivity index (χ3n) is 3.20. The van der Waals surface area contributed by atoms with Crippen LogP contribution < -0.4 is 5.56 Å². The van der Waals surface area contributed by atoms with Crippen molar-refractivity contribution in [1.29, 1.82) is 5.26 Å². The lowest BCUT2D eigenvalue weighted by atomic mass is 10.1. The third kappa shape index (κ3) is 3.41. The number of nitro benzene ring substituents is 1. The van der Waals surface area contributed by atoms with E-state index in [1.54, 1.807) is 12.1 Å². The number of benzene rings is 1. The molecule has 0 fully saturated rings. The molecule has 0 amide bonds. The maximum Gasteiger partial charge on any atom is 0.305 e. The van der Waals surface area contributed by atoms with Gasteiger partial charge in [0.1, 0.15) is 11.6 Å². The Kier molecular flexibility index (Phi) is 4.52. The average Bonchev–Trinajstić information content (AvgIpc) is 2.53. The quantitative estimate of drug-likeness (QED) is 0.662. The molecule has 2 aromatic rings. The minimum Gasteiger partial charge on any atom is -0.481 e. The summed E-state index contributed by atoms with van der Waals surface area (Å²) in [5.41, 5.74) is -0.184. The number of nitrogens with zero attached hydrogens (tertiary/aromatic N) is 3. The van der Waals surface area contributed by atoms with Crippen molar-refractivity contribution < 1.29 is 14.8 Å². The molecular formula is C15H11N3O5. The summed E-state index contributed by atoms with van der Waals surface area (Å²) < 4.78 is 1.14. The lowest BCUT2D eigenvalue weighted by Crippen LogP contribution is -2.25. The van der Waals surface area contributed by atoms with E-state index in [1.165, 1.54) is 30.3 Å². The molecule has 116 valence electrons. The number of carboxylic acid groups (broad SMARTS) is 1. The Bertz CT molecular complexity index is 879. The molecule has 0 aliphatic heterocycles. The first-order valence-electron chi connectivity index (χ1n) is 6.54. The number of nitriles is 1. The number of non-ortho nitro benzene ring substituents is 1. The summed E-state index contributed by atoms with van der Waals surface area (Å²) in [6.45, 7) is -0.137. The van der Waals surface area contributed by atoms with E-state index in [4.69, 9.17) is 10.4 Å². The van der Waals surface area contributed by atoms with Crippen LogP contribution in [0, 0.1) is 21.4 Å². The second-order valence-corrected chi connectivity index (χ2v) is 4.65. The second-order valence-electron chi connectivity index (χ2n) is 4.65. The van der Waals surface area contributed by atoms with Gasteiger partial charge in [0, 0.05) is 24.2 Å². The van der Waals surface area contributed by atoms with Crippen LogP contribution in [-0.2, 0) is 11.3 Å². The summed E-state index contributed by atoms with van der Waals surface area (Å²) >= 11 is 0. The molecule has 23 heavy (non-hydrogen) atoms. The molecule has 0 saturated heterocycles. The second kappa shape index (κ2) is 6.53. The van der Waals surface area contributed by atoms with E-state index in [0.717, 1.165) is 4.57 Å². The van der Waals surface area contributed by atoms with Crippen molar-refractivity contribution in [3.05, 3.63) is 62.4 Å². The van der Waals surface area contributed by atoms with Gasteiger partial charge in [-0.1, -0.05) is 12.1 Å². The van der Waals surface area contributed by atoms with Crippen molar-refractivity contribution >= 4 is 11.7 Å². The van der Waals surface area contributed by atoms with E-state index in [0.29, 0.717) is 11.3 Å². The van der Waals surface area contributed by atoms with Crippen molar-refractivity contribution in [3.8, 4) is 17.3 Å². The molecule has 2 rings (SSSR count). The standard InChI is InChI=1S/C15H11N3O5/c16-9-11-4-5-13(17(15(11)21)7-6-14(19)20)10-2-1-3-12(8-10)18(22)23/h1-5,8H,6-7H2,(H,19,20). The van der Waals surface area contributed by atoms with Gasteiger partial charge in [0.05, 0.1) is 17.0 Å². The maximum absolute atomic E-state index is 12.2. The van der Waals surface area contributed by atoms with E-state index in [1.807, 2.05) is 0 Å². The monoisotopic (exact) mass is 313 g/mol. The van der Waals surface area contributed by atoms with E-state index < -0.39 is 16.5 Å². The van der Waals surface area contributed by atoms with Gasteiger partial charge >= 0.3 is 5.97 Å². The summed E-state index contributed by atoms with van der Waals surface area (Å²) in [5, 5.41) is 28.6. The zero-order valence-electron chi connectivity index (χ0n) is 11.8. The van der Waals surface area contributed by atoms with Crippen LogP contribution in [-0.4, -0.2) is 20.6 Å². The fraction of sp³-hybridized carbons (Fsp3) is 0.133. The largest absolute Gasteiger partial charge is 0.481 e. The summed E-state index contributed by atoms with van der Waals surface area (Å²) in [7, 11) is 0. The minimum atomic E-state index is -1.09. The summed E-state index contributed by atoms with van der Waals surface area (Å²) in [5.74, 6) is -1.09. The van der Waals surface area contributed by atoms with Gasteiger partial charge in [-0.3, -0.25) is 19.7 Å². The summed E-state index contributed by atoms with van der Waals surface area (Å²) in [4.78, 5) is 33.3. The van der Waals surface area contributed by atoms with Crippen LogP contribution >= 0.6 is 0 Å². The number of aliphatic carboxylic acids is 1. The molecule has 0 saturated carbocycles. The molecule has 0 bridgehead atoms. The number of carboxylic acids is 1. The Morgan fingerprint density at radius 2 is 2.09 bits per heavy atom. The van der Waals surface area contributed by atoms with Crippen LogP contribution in [0.4, 0.5) is 5.69 Å². The van der Waals surface area contributed by atoms with Crippen LogP contribution in [0.3, 0.4) is 0 Å². The number of pyridine rings is 1. The number of nitro groups is 1. The van der Waals surface area contributed by atoms with E-state index >= 15 is 0 Å². The van der Waals surface area contributed by atoms with Crippen LogP contribution in [0.25, 0.3) is 11.3 Å². The number of aromatic nitrogens is 1. The Morgan fingerprint density at radius 1 is 1.35 bits per heavy atom. The van der Waals surface area contributed by atoms with Gasteiger partial charge in [0.25, 0.3) is 11.2 Å². The molecule has 0 aliphatic carbocycles. The van der Waals surface area contributed by atoms with Gasteiger partial charge in [-0.25, -0.2) is 0 Å². The van der Waals surface area contributed by atoms with Crippen LogP contribution in [0.5, 0.6) is 0 Å². The van der Waals surface area contributed by atoms with Crippen molar-refractivity contribution in [3.63, 3.8) is 0 Å². The number of hydrogen-bond acceptors (Lipinski definition) is 5. The zero-order chi connectivity index (χ0) is 17.0. The Labute approximate surface area is 130 Å². The topological polar surface area (TPSA) is 126 Å². The fourth-order valence-electron chi connectivity index (χ4n) is 2.12. The maximum atomic E-state index is 12.2. The van der Waals surface area contributed by atoms with Gasteiger partial charge in [-0.15, -0.1) is 0 Å². The predicted octanol–water partition coefficient (Wildman–Crippen LogP) is 1.77. The molecule has 1 aromatic carbocycles. The molecule has 0 spiro atoms. The van der Waals surface area contributed by atoms with Gasteiger partial charge in [-0.05, 0) is 12.1 Å². The third-order valence-corrected chi connectivity index (χ3v) is 3.20. The van der Waals surface area contributed by atoms with Crippen molar-refractivity contribution in [2.24, 2.45) is 0 Å². The normalized spacial score (nSPS) is 10.0. The van der Waals surface area contributed by atoms with Gasteiger partial charge in [0.15, 0.2) is 0 Å². The van der Waals surface area contributed by atoms with Gasteiger partial charge in [-0.2, -0.15) is 5.26 Å². The number of carbonyl (C=O) groups is 1. The van der Waals surface area contributed by atoms with E-state index in [2.05, 4.69) is 0 Å². The van der Waals surface area contributed by atoms with Gasteiger partial charge in [0.2, 0.25) is 0 Å². The van der Waals surface area contributed by atoms with Crippen molar-refractivity contribution in [2.75, 3.05) is 0 Å². The van der Waals surface area contributed by atoms with E-state index in [-0.39, 0.29) is 24.2 Å². The average molecular weight is 313 g/mol. The Hall–Kier alpha value is -3.47. The number of hydrogen-bond donors (Lipinski definition) is 1. The minimum absolute atomic E-state index is 0.121. The highest BCUT2D eigenvalue weighted by Crippen LogP contribution is 2.23. The lowest BCUT2D eigenvalue weighted by Gasteiger charge is -2.12. The Balaban J connectivity index is 2.62. The molecule has 1 heterocycles. The fourth-order valence-corrected chi connectivity index (χ4v) is 2.12. The van der Waals surface area contributed by atoms with Crippen LogP contribution in [0.2, 0.25) is 0 Å². The Morgan fingerprint density at radius 3 is 2.70 bits per heavy atom. The van der Waals surface area contributed by atoms with Crippen molar-refractivity contribution in [2.45, 2.75) is 13.0 Å². The molecule has 1 aromatic heterocycles. The zero-order valence-corrected chi connectivity index (χ0v) is 11.8. The van der Waals surface area contributed by atoms with Crippen molar-refractivity contribution in [1.82, 2.24) is 4.57 Å². The SMILES string of the molecule is N#Cc1ccc(-c2cccc([N+](=O)[O-])c2)n(CCC(=O)O)c1=O.